The summed E-state index contributed by atoms with van der Waals surface area (Å²) in [6.07, 6.45) is 2.76. The number of carbonyl (C=O) groups is 1. The fourth-order valence-corrected chi connectivity index (χ4v) is 2.66. The molecule has 0 radical (unpaired) electrons. The topological polar surface area (TPSA) is 38.8 Å². The van der Waals surface area contributed by atoms with Crippen LogP contribution in [0.1, 0.15) is 30.9 Å². The molecule has 4 heteroatoms. The number of rotatable bonds is 5. The Hall–Kier alpha value is -1.55. The zero-order valence-electron chi connectivity index (χ0n) is 11.6. The first-order valence-electron chi connectivity index (χ1n) is 6.69. The number of ether oxygens (including phenoxy) is 2. The summed E-state index contributed by atoms with van der Waals surface area (Å²) in [6, 6.07) is 8.58. The molecule has 0 aliphatic carbocycles. The van der Waals surface area contributed by atoms with Gasteiger partial charge in [0.1, 0.15) is 5.75 Å². The maximum Gasteiger partial charge on any atom is 0.306 e. The number of benzene rings is 1. The molecular formula is C15H21NO3. The van der Waals surface area contributed by atoms with Gasteiger partial charge in [0.05, 0.1) is 20.6 Å². The average molecular weight is 263 g/mol. The van der Waals surface area contributed by atoms with Gasteiger partial charge in [-0.25, -0.2) is 0 Å². The van der Waals surface area contributed by atoms with Crippen molar-refractivity contribution in [2.24, 2.45) is 0 Å². The zero-order chi connectivity index (χ0) is 13.7. The van der Waals surface area contributed by atoms with E-state index in [1.807, 2.05) is 12.1 Å². The molecule has 1 heterocycles. The van der Waals surface area contributed by atoms with Crippen molar-refractivity contribution in [3.63, 3.8) is 0 Å². The van der Waals surface area contributed by atoms with Crippen LogP contribution in [0.15, 0.2) is 24.3 Å². The van der Waals surface area contributed by atoms with Crippen LogP contribution < -0.4 is 4.74 Å². The Labute approximate surface area is 114 Å². The summed E-state index contributed by atoms with van der Waals surface area (Å²) in [5, 5.41) is 0. The molecule has 1 aliphatic rings. The van der Waals surface area contributed by atoms with Gasteiger partial charge in [0.15, 0.2) is 0 Å². The second-order valence-electron chi connectivity index (χ2n) is 4.80. The summed E-state index contributed by atoms with van der Waals surface area (Å²) in [4.78, 5) is 13.6. The van der Waals surface area contributed by atoms with Gasteiger partial charge >= 0.3 is 5.97 Å². The first-order valence-corrected chi connectivity index (χ1v) is 6.69. The molecule has 0 unspecified atom stereocenters. The van der Waals surface area contributed by atoms with Crippen molar-refractivity contribution in [3.05, 3.63) is 29.8 Å². The largest absolute Gasteiger partial charge is 0.497 e. The maximum absolute atomic E-state index is 11.2. The normalized spacial score (nSPS) is 19.4. The van der Waals surface area contributed by atoms with Crippen molar-refractivity contribution >= 4 is 5.97 Å². The third-order valence-corrected chi connectivity index (χ3v) is 3.67. The van der Waals surface area contributed by atoms with Crippen LogP contribution in [-0.2, 0) is 9.53 Å². The third-order valence-electron chi connectivity index (χ3n) is 3.67. The summed E-state index contributed by atoms with van der Waals surface area (Å²) < 4.78 is 9.97. The van der Waals surface area contributed by atoms with E-state index in [1.54, 1.807) is 7.11 Å². The highest BCUT2D eigenvalue weighted by atomic mass is 16.5. The SMILES string of the molecule is COC(=O)CCN1CCC[C@@H]1c1cccc(OC)c1. The van der Waals surface area contributed by atoms with E-state index in [2.05, 4.69) is 17.0 Å². The molecule has 0 bridgehead atoms. The van der Waals surface area contributed by atoms with Gasteiger partial charge in [-0.2, -0.15) is 0 Å². The van der Waals surface area contributed by atoms with Crippen molar-refractivity contribution in [1.29, 1.82) is 0 Å². The van der Waals surface area contributed by atoms with Gasteiger partial charge in [0.2, 0.25) is 0 Å². The van der Waals surface area contributed by atoms with Crippen molar-refractivity contribution in [1.82, 2.24) is 4.90 Å². The van der Waals surface area contributed by atoms with Crippen LogP contribution in [0.4, 0.5) is 0 Å². The Morgan fingerprint density at radius 1 is 1.42 bits per heavy atom. The molecule has 2 rings (SSSR count). The first kappa shape index (κ1) is 13.9. The van der Waals surface area contributed by atoms with Crippen molar-refractivity contribution < 1.29 is 14.3 Å². The summed E-state index contributed by atoms with van der Waals surface area (Å²) >= 11 is 0. The highest BCUT2D eigenvalue weighted by Crippen LogP contribution is 2.33. The molecule has 1 aromatic carbocycles. The second-order valence-corrected chi connectivity index (χ2v) is 4.80. The van der Waals surface area contributed by atoms with Gasteiger partial charge in [-0.05, 0) is 37.1 Å². The molecule has 1 fully saturated rings. The van der Waals surface area contributed by atoms with E-state index in [1.165, 1.54) is 19.1 Å². The Morgan fingerprint density at radius 3 is 3.00 bits per heavy atom. The van der Waals surface area contributed by atoms with E-state index in [4.69, 9.17) is 9.47 Å². The Morgan fingerprint density at radius 2 is 2.26 bits per heavy atom. The van der Waals surface area contributed by atoms with E-state index in [-0.39, 0.29) is 5.97 Å². The lowest BCUT2D eigenvalue weighted by Crippen LogP contribution is -2.26. The Bertz CT molecular complexity index is 433. The molecular weight excluding hydrogens is 242 g/mol. The van der Waals surface area contributed by atoms with Gasteiger partial charge in [0.25, 0.3) is 0 Å². The molecule has 0 N–H and O–H groups in total. The lowest BCUT2D eigenvalue weighted by Gasteiger charge is -2.24. The van der Waals surface area contributed by atoms with Gasteiger partial charge in [-0.1, -0.05) is 12.1 Å². The van der Waals surface area contributed by atoms with E-state index in [0.29, 0.717) is 12.5 Å². The van der Waals surface area contributed by atoms with E-state index >= 15 is 0 Å². The monoisotopic (exact) mass is 263 g/mol. The number of hydrogen-bond acceptors (Lipinski definition) is 4. The molecule has 0 amide bonds. The van der Waals surface area contributed by atoms with E-state index < -0.39 is 0 Å². The van der Waals surface area contributed by atoms with Crippen LogP contribution in [0, 0.1) is 0 Å². The van der Waals surface area contributed by atoms with Gasteiger partial charge in [0, 0.05) is 12.6 Å². The Balaban J connectivity index is 2.03. The van der Waals surface area contributed by atoms with Crippen LogP contribution in [0.2, 0.25) is 0 Å². The van der Waals surface area contributed by atoms with Crippen LogP contribution in [-0.4, -0.2) is 38.2 Å². The number of hydrogen-bond donors (Lipinski definition) is 0. The smallest absolute Gasteiger partial charge is 0.306 e. The van der Waals surface area contributed by atoms with Crippen molar-refractivity contribution in [2.45, 2.75) is 25.3 Å². The molecule has 1 saturated heterocycles. The molecule has 1 atom stereocenters. The number of carbonyl (C=O) groups excluding carboxylic acids is 1. The molecule has 1 aromatic rings. The summed E-state index contributed by atoms with van der Waals surface area (Å²) in [5.74, 6) is 0.744. The minimum absolute atomic E-state index is 0.142. The lowest BCUT2D eigenvalue weighted by molar-refractivity contribution is -0.141. The third kappa shape index (κ3) is 3.47. The van der Waals surface area contributed by atoms with Gasteiger partial charge in [-0.3, -0.25) is 9.69 Å². The highest BCUT2D eigenvalue weighted by Gasteiger charge is 2.26. The van der Waals surface area contributed by atoms with Gasteiger partial charge in [-0.15, -0.1) is 0 Å². The fraction of sp³-hybridized carbons (Fsp3) is 0.533. The van der Waals surface area contributed by atoms with Crippen LogP contribution in [0.3, 0.4) is 0 Å². The number of esters is 1. The number of methoxy groups -OCH3 is 2. The minimum atomic E-state index is -0.142. The number of likely N-dealkylation sites (tertiary alicyclic amines) is 1. The molecule has 4 nitrogen and oxygen atoms in total. The number of nitrogens with zero attached hydrogens (tertiary/aromatic N) is 1. The predicted molar refractivity (Wildman–Crippen MR) is 73.2 cm³/mol. The predicted octanol–water partition coefficient (Wildman–Crippen LogP) is 2.40. The molecule has 0 aromatic heterocycles. The standard InChI is InChI=1S/C15H21NO3/c1-18-13-6-3-5-12(11-13)14-7-4-9-16(14)10-8-15(17)19-2/h3,5-6,11,14H,4,7-10H2,1-2H3/t14-/m1/s1. The van der Waals surface area contributed by atoms with Gasteiger partial charge < -0.3 is 9.47 Å². The molecule has 1 aliphatic heterocycles. The quantitative estimate of drug-likeness (QED) is 0.765. The average Bonchev–Trinajstić information content (AvgIpc) is 2.93. The van der Waals surface area contributed by atoms with Crippen LogP contribution >= 0.6 is 0 Å². The summed E-state index contributed by atoms with van der Waals surface area (Å²) in [5.41, 5.74) is 1.27. The van der Waals surface area contributed by atoms with Crippen LogP contribution in [0.5, 0.6) is 5.75 Å². The maximum atomic E-state index is 11.2. The van der Waals surface area contributed by atoms with Crippen molar-refractivity contribution in [2.75, 3.05) is 27.3 Å². The van der Waals surface area contributed by atoms with Crippen LogP contribution in [0.25, 0.3) is 0 Å². The minimum Gasteiger partial charge on any atom is -0.497 e. The summed E-state index contributed by atoms with van der Waals surface area (Å²) in [6.45, 7) is 1.80. The lowest BCUT2D eigenvalue weighted by atomic mass is 10.0. The Kier molecular flexibility index (Phi) is 4.80. The molecule has 0 spiro atoms. The summed E-state index contributed by atoms with van der Waals surface area (Å²) in [7, 11) is 3.12. The zero-order valence-corrected chi connectivity index (χ0v) is 11.6. The van der Waals surface area contributed by atoms with E-state index in [9.17, 15) is 4.79 Å². The van der Waals surface area contributed by atoms with Crippen molar-refractivity contribution in [3.8, 4) is 5.75 Å². The second kappa shape index (κ2) is 6.57. The first-order chi connectivity index (χ1) is 9.24. The molecule has 19 heavy (non-hydrogen) atoms. The highest BCUT2D eigenvalue weighted by molar-refractivity contribution is 5.69. The molecule has 104 valence electrons. The molecule has 0 saturated carbocycles. The van der Waals surface area contributed by atoms with E-state index in [0.717, 1.165) is 25.3 Å². The fourth-order valence-electron chi connectivity index (χ4n) is 2.66.